The monoisotopic (exact) mass is 173 g/mol. The lowest BCUT2D eigenvalue weighted by atomic mass is 9.50. The molecule has 0 spiro atoms. The third kappa shape index (κ3) is 1.37. The van der Waals surface area contributed by atoms with Gasteiger partial charge in [-0.2, -0.15) is 0 Å². The molecule has 1 aliphatic carbocycles. The quantitative estimate of drug-likeness (QED) is 0.647. The predicted molar refractivity (Wildman–Crippen MR) is 49.7 cm³/mol. The molecule has 1 aliphatic rings. The number of hydrogen-bond donors (Lipinski definition) is 1. The largest absolute Gasteiger partial charge is 0.330 e. The van der Waals surface area contributed by atoms with E-state index in [-0.39, 0.29) is 10.8 Å². The van der Waals surface area contributed by atoms with Crippen molar-refractivity contribution < 1.29 is 4.39 Å². The Morgan fingerprint density at radius 2 is 1.75 bits per heavy atom. The molecule has 0 aromatic carbocycles. The molecule has 0 aromatic heterocycles. The van der Waals surface area contributed by atoms with Gasteiger partial charge in [-0.25, -0.2) is 4.39 Å². The number of halogens is 1. The molecule has 0 saturated heterocycles. The Balaban J connectivity index is 2.72. The molecule has 2 heteroatoms. The fraction of sp³-hybridized carbons (Fsp3) is 1.00. The van der Waals surface area contributed by atoms with Crippen LogP contribution in [0.2, 0.25) is 0 Å². The second kappa shape index (κ2) is 2.44. The van der Waals surface area contributed by atoms with E-state index in [1.807, 2.05) is 0 Å². The summed E-state index contributed by atoms with van der Waals surface area (Å²) >= 11 is 0. The highest BCUT2D eigenvalue weighted by Gasteiger charge is 2.57. The van der Waals surface area contributed by atoms with Crippen molar-refractivity contribution in [1.82, 2.24) is 0 Å². The van der Waals surface area contributed by atoms with Crippen LogP contribution in [0, 0.1) is 10.8 Å². The minimum Gasteiger partial charge on any atom is -0.330 e. The van der Waals surface area contributed by atoms with E-state index < -0.39 is 5.67 Å². The molecule has 12 heavy (non-hydrogen) atoms. The van der Waals surface area contributed by atoms with Crippen molar-refractivity contribution in [2.45, 2.75) is 46.2 Å². The third-order valence-corrected chi connectivity index (χ3v) is 3.40. The van der Waals surface area contributed by atoms with Crippen molar-refractivity contribution >= 4 is 0 Å². The summed E-state index contributed by atoms with van der Waals surface area (Å²) in [6.45, 7) is 8.72. The van der Waals surface area contributed by atoms with E-state index in [1.165, 1.54) is 0 Å². The van der Waals surface area contributed by atoms with Crippen LogP contribution in [0.1, 0.15) is 40.5 Å². The minimum absolute atomic E-state index is 0.0382. The number of rotatable bonds is 1. The molecule has 1 rings (SSSR count). The summed E-state index contributed by atoms with van der Waals surface area (Å²) in [7, 11) is 0. The van der Waals surface area contributed by atoms with E-state index in [0.717, 1.165) is 0 Å². The minimum atomic E-state index is -0.966. The van der Waals surface area contributed by atoms with Crippen molar-refractivity contribution in [1.29, 1.82) is 0 Å². The van der Waals surface area contributed by atoms with E-state index in [1.54, 1.807) is 6.92 Å². The van der Waals surface area contributed by atoms with Gasteiger partial charge in [0.1, 0.15) is 5.67 Å². The normalized spacial score (nSPS) is 42.5. The first-order valence-corrected chi connectivity index (χ1v) is 4.61. The molecular weight excluding hydrogens is 153 g/mol. The Bertz CT molecular complexity index is 171. The standard InChI is InChI=1S/C10H20FN/c1-8(2,3)10(7-12)5-9(4,11)6-10/h5-7,12H2,1-4H3. The summed E-state index contributed by atoms with van der Waals surface area (Å²) in [6.07, 6.45) is 1.25. The maximum atomic E-state index is 13.4. The van der Waals surface area contributed by atoms with Crippen molar-refractivity contribution in [3.63, 3.8) is 0 Å². The lowest BCUT2D eigenvalue weighted by molar-refractivity contribution is -0.113. The Morgan fingerprint density at radius 3 is 1.83 bits per heavy atom. The molecule has 2 N–H and O–H groups in total. The van der Waals surface area contributed by atoms with E-state index >= 15 is 0 Å². The highest BCUT2D eigenvalue weighted by Crippen LogP contribution is 2.59. The van der Waals surface area contributed by atoms with Gasteiger partial charge in [-0.3, -0.25) is 0 Å². The number of hydrogen-bond acceptors (Lipinski definition) is 1. The predicted octanol–water partition coefficient (Wildman–Crippen LogP) is 2.50. The molecule has 1 fully saturated rings. The molecule has 0 radical (unpaired) electrons. The molecule has 0 unspecified atom stereocenters. The highest BCUT2D eigenvalue weighted by atomic mass is 19.1. The molecule has 0 bridgehead atoms. The van der Waals surface area contributed by atoms with Gasteiger partial charge in [-0.15, -0.1) is 0 Å². The van der Waals surface area contributed by atoms with Crippen molar-refractivity contribution in [3.8, 4) is 0 Å². The molecular formula is C10H20FN. The second-order valence-corrected chi connectivity index (χ2v) is 5.50. The zero-order valence-electron chi connectivity index (χ0n) is 8.58. The highest BCUT2D eigenvalue weighted by molar-refractivity contribution is 5.07. The Labute approximate surface area is 74.5 Å². The van der Waals surface area contributed by atoms with Gasteiger partial charge >= 0.3 is 0 Å². The van der Waals surface area contributed by atoms with Crippen LogP contribution in [0.4, 0.5) is 4.39 Å². The fourth-order valence-corrected chi connectivity index (χ4v) is 2.34. The van der Waals surface area contributed by atoms with Crippen LogP contribution < -0.4 is 5.73 Å². The van der Waals surface area contributed by atoms with Crippen molar-refractivity contribution in [3.05, 3.63) is 0 Å². The first-order chi connectivity index (χ1) is 5.22. The number of nitrogens with two attached hydrogens (primary N) is 1. The molecule has 1 saturated carbocycles. The van der Waals surface area contributed by atoms with Crippen LogP contribution in [0.15, 0.2) is 0 Å². The summed E-state index contributed by atoms with van der Waals surface area (Å²) in [6, 6.07) is 0. The van der Waals surface area contributed by atoms with Crippen LogP contribution in [-0.4, -0.2) is 12.2 Å². The molecule has 0 atom stereocenters. The first-order valence-electron chi connectivity index (χ1n) is 4.61. The zero-order valence-corrected chi connectivity index (χ0v) is 8.58. The average molecular weight is 173 g/mol. The van der Waals surface area contributed by atoms with Gasteiger partial charge in [-0.05, 0) is 37.1 Å². The van der Waals surface area contributed by atoms with Crippen LogP contribution in [0.25, 0.3) is 0 Å². The van der Waals surface area contributed by atoms with Crippen molar-refractivity contribution in [2.24, 2.45) is 16.6 Å². The van der Waals surface area contributed by atoms with E-state index in [4.69, 9.17) is 5.73 Å². The Kier molecular flexibility index (Phi) is 2.03. The maximum absolute atomic E-state index is 13.4. The summed E-state index contributed by atoms with van der Waals surface area (Å²) in [4.78, 5) is 0. The van der Waals surface area contributed by atoms with Gasteiger partial charge in [0, 0.05) is 0 Å². The van der Waals surface area contributed by atoms with Crippen molar-refractivity contribution in [2.75, 3.05) is 6.54 Å². The molecule has 1 nitrogen and oxygen atoms in total. The lowest BCUT2D eigenvalue weighted by Gasteiger charge is -2.57. The van der Waals surface area contributed by atoms with E-state index in [2.05, 4.69) is 20.8 Å². The smallest absolute Gasteiger partial charge is 0.109 e. The Hall–Kier alpha value is -0.110. The van der Waals surface area contributed by atoms with Gasteiger partial charge in [0.05, 0.1) is 0 Å². The van der Waals surface area contributed by atoms with Crippen LogP contribution in [0.5, 0.6) is 0 Å². The van der Waals surface area contributed by atoms with Gasteiger partial charge in [-0.1, -0.05) is 20.8 Å². The maximum Gasteiger partial charge on any atom is 0.109 e. The third-order valence-electron chi connectivity index (χ3n) is 3.40. The SMILES string of the molecule is CC1(F)CC(CN)(C(C)(C)C)C1. The van der Waals surface area contributed by atoms with Gasteiger partial charge in [0.15, 0.2) is 0 Å². The van der Waals surface area contributed by atoms with E-state index in [9.17, 15) is 4.39 Å². The molecule has 0 aliphatic heterocycles. The van der Waals surface area contributed by atoms with E-state index in [0.29, 0.717) is 19.4 Å². The van der Waals surface area contributed by atoms with Gasteiger partial charge in [0.25, 0.3) is 0 Å². The number of alkyl halides is 1. The first kappa shape index (κ1) is 9.97. The fourth-order valence-electron chi connectivity index (χ4n) is 2.34. The summed E-state index contributed by atoms with van der Waals surface area (Å²) in [5.41, 5.74) is 4.91. The molecule has 0 heterocycles. The van der Waals surface area contributed by atoms with Crippen LogP contribution >= 0.6 is 0 Å². The van der Waals surface area contributed by atoms with Gasteiger partial charge in [0.2, 0.25) is 0 Å². The zero-order chi connectivity index (χ0) is 9.62. The Morgan fingerprint density at radius 1 is 1.33 bits per heavy atom. The summed E-state index contributed by atoms with van der Waals surface area (Å²) < 4.78 is 13.4. The average Bonchev–Trinajstić information content (AvgIpc) is 1.78. The van der Waals surface area contributed by atoms with Crippen LogP contribution in [0.3, 0.4) is 0 Å². The van der Waals surface area contributed by atoms with Gasteiger partial charge < -0.3 is 5.73 Å². The summed E-state index contributed by atoms with van der Waals surface area (Å²) in [5.74, 6) is 0. The second-order valence-electron chi connectivity index (χ2n) is 5.50. The van der Waals surface area contributed by atoms with Crippen LogP contribution in [-0.2, 0) is 0 Å². The molecule has 0 aromatic rings. The lowest BCUT2D eigenvalue weighted by Crippen LogP contribution is -2.57. The topological polar surface area (TPSA) is 26.0 Å². The molecule has 0 amide bonds. The summed E-state index contributed by atoms with van der Waals surface area (Å²) in [5, 5.41) is 0. The molecule has 72 valence electrons.